The summed E-state index contributed by atoms with van der Waals surface area (Å²) >= 11 is 0. The number of carbonyl (C=O) groups excluding carboxylic acids is 1. The van der Waals surface area contributed by atoms with Gasteiger partial charge in [-0.1, -0.05) is 13.8 Å². The highest BCUT2D eigenvalue weighted by molar-refractivity contribution is 5.91. The lowest BCUT2D eigenvalue weighted by Crippen LogP contribution is -2.08. The summed E-state index contributed by atoms with van der Waals surface area (Å²) in [5.74, 6) is 0.273. The smallest absolute Gasteiger partial charge is 0.159 e. The molecular weight excluding hydrogens is 126 g/mol. The minimum atomic E-state index is 0.100. The second-order valence-electron chi connectivity index (χ2n) is 2.63. The van der Waals surface area contributed by atoms with Crippen molar-refractivity contribution in [2.24, 2.45) is 5.92 Å². The third-order valence-electron chi connectivity index (χ3n) is 1.32. The van der Waals surface area contributed by atoms with Crippen molar-refractivity contribution >= 4 is 5.78 Å². The van der Waals surface area contributed by atoms with Gasteiger partial charge in [0.05, 0.1) is 0 Å². The molecule has 1 N–H and O–H groups in total. The van der Waals surface area contributed by atoms with Crippen molar-refractivity contribution in [1.82, 2.24) is 5.32 Å². The molecule has 0 aliphatic heterocycles. The minimum Gasteiger partial charge on any atom is -0.392 e. The molecule has 0 aliphatic carbocycles. The van der Waals surface area contributed by atoms with Gasteiger partial charge < -0.3 is 5.32 Å². The molecule has 0 amide bonds. The van der Waals surface area contributed by atoms with Gasteiger partial charge in [-0.25, -0.2) is 0 Å². The van der Waals surface area contributed by atoms with Crippen LogP contribution in [0.25, 0.3) is 0 Å². The number of rotatable bonds is 3. The molecule has 0 unspecified atom stereocenters. The van der Waals surface area contributed by atoms with Gasteiger partial charge >= 0.3 is 0 Å². The molecule has 0 rings (SSSR count). The Bertz CT molecular complexity index is 147. The van der Waals surface area contributed by atoms with E-state index in [0.29, 0.717) is 0 Å². The van der Waals surface area contributed by atoms with Crippen LogP contribution in [-0.2, 0) is 4.79 Å². The van der Waals surface area contributed by atoms with Crippen molar-refractivity contribution in [2.45, 2.75) is 20.8 Å². The van der Waals surface area contributed by atoms with Gasteiger partial charge in [0.15, 0.2) is 5.78 Å². The van der Waals surface area contributed by atoms with Crippen LogP contribution in [0.5, 0.6) is 0 Å². The summed E-state index contributed by atoms with van der Waals surface area (Å²) in [5, 5.41) is 2.89. The maximum Gasteiger partial charge on any atom is 0.159 e. The zero-order valence-corrected chi connectivity index (χ0v) is 7.06. The van der Waals surface area contributed by atoms with Crippen molar-refractivity contribution in [3.63, 3.8) is 0 Å². The van der Waals surface area contributed by atoms with Crippen LogP contribution in [0.2, 0.25) is 0 Å². The lowest BCUT2D eigenvalue weighted by molar-refractivity contribution is -0.117. The maximum absolute atomic E-state index is 11.0. The molecule has 58 valence electrons. The van der Waals surface area contributed by atoms with Crippen LogP contribution >= 0.6 is 0 Å². The zero-order valence-electron chi connectivity index (χ0n) is 7.06. The Balaban J connectivity index is 4.00. The van der Waals surface area contributed by atoms with E-state index in [0.717, 1.165) is 5.70 Å². The standard InChI is InChI=1S/C8H15NO/c1-6(2)8(10)5-7(3)9-4/h5-6,9H,1-4H3/b7-5+. The van der Waals surface area contributed by atoms with E-state index in [4.69, 9.17) is 0 Å². The molecule has 0 aliphatic rings. The van der Waals surface area contributed by atoms with Crippen LogP contribution in [-0.4, -0.2) is 12.8 Å². The molecule has 0 atom stereocenters. The van der Waals surface area contributed by atoms with Crippen LogP contribution in [0.3, 0.4) is 0 Å². The normalized spacial score (nSPS) is 11.9. The largest absolute Gasteiger partial charge is 0.392 e. The Kier molecular flexibility index (Phi) is 3.77. The quantitative estimate of drug-likeness (QED) is 0.601. The molecule has 0 aromatic carbocycles. The van der Waals surface area contributed by atoms with E-state index in [-0.39, 0.29) is 11.7 Å². The Hall–Kier alpha value is -0.790. The fraction of sp³-hybridized carbons (Fsp3) is 0.625. The molecule has 10 heavy (non-hydrogen) atoms. The number of hydrogen-bond donors (Lipinski definition) is 1. The molecular formula is C8H15NO. The Morgan fingerprint density at radius 3 is 2.30 bits per heavy atom. The summed E-state index contributed by atoms with van der Waals surface area (Å²) in [7, 11) is 1.80. The number of allylic oxidation sites excluding steroid dienone is 2. The number of carbonyl (C=O) groups is 1. The van der Waals surface area contributed by atoms with E-state index in [9.17, 15) is 4.79 Å². The van der Waals surface area contributed by atoms with E-state index >= 15 is 0 Å². The molecule has 2 heteroatoms. The van der Waals surface area contributed by atoms with Crippen molar-refractivity contribution in [3.8, 4) is 0 Å². The number of hydrogen-bond acceptors (Lipinski definition) is 2. The van der Waals surface area contributed by atoms with E-state index in [1.807, 2.05) is 20.8 Å². The van der Waals surface area contributed by atoms with E-state index in [2.05, 4.69) is 5.32 Å². The van der Waals surface area contributed by atoms with E-state index in [1.165, 1.54) is 0 Å². The molecule has 2 nitrogen and oxygen atoms in total. The topological polar surface area (TPSA) is 29.1 Å². The SMILES string of the molecule is CN/C(C)=C/C(=O)C(C)C. The van der Waals surface area contributed by atoms with Crippen LogP contribution in [0.15, 0.2) is 11.8 Å². The van der Waals surface area contributed by atoms with Gasteiger partial charge in [0.2, 0.25) is 0 Å². The minimum absolute atomic E-state index is 0.100. The van der Waals surface area contributed by atoms with Gasteiger partial charge in [0.25, 0.3) is 0 Å². The first-order valence-corrected chi connectivity index (χ1v) is 3.47. The molecule has 0 radical (unpaired) electrons. The monoisotopic (exact) mass is 141 g/mol. The molecule has 0 spiro atoms. The highest BCUT2D eigenvalue weighted by Gasteiger charge is 2.02. The highest BCUT2D eigenvalue weighted by atomic mass is 16.1. The third-order valence-corrected chi connectivity index (χ3v) is 1.32. The van der Waals surface area contributed by atoms with Crippen molar-refractivity contribution in [3.05, 3.63) is 11.8 Å². The summed E-state index contributed by atoms with van der Waals surface area (Å²) in [5.41, 5.74) is 0.915. The number of nitrogens with one attached hydrogen (secondary N) is 1. The van der Waals surface area contributed by atoms with Gasteiger partial charge in [0, 0.05) is 18.7 Å². The van der Waals surface area contributed by atoms with Crippen molar-refractivity contribution < 1.29 is 4.79 Å². The van der Waals surface area contributed by atoms with Gasteiger partial charge in [-0.2, -0.15) is 0 Å². The van der Waals surface area contributed by atoms with E-state index < -0.39 is 0 Å². The summed E-state index contributed by atoms with van der Waals surface area (Å²) in [6, 6.07) is 0. The van der Waals surface area contributed by atoms with Crippen LogP contribution in [0, 0.1) is 5.92 Å². The predicted octanol–water partition coefficient (Wildman–Crippen LogP) is 1.33. The average molecular weight is 141 g/mol. The first-order valence-electron chi connectivity index (χ1n) is 3.47. The second-order valence-corrected chi connectivity index (χ2v) is 2.63. The number of ketones is 1. The summed E-state index contributed by atoms with van der Waals surface area (Å²) in [6.07, 6.45) is 1.63. The highest BCUT2D eigenvalue weighted by Crippen LogP contribution is 1.97. The average Bonchev–Trinajstić information content (AvgIpc) is 1.87. The zero-order chi connectivity index (χ0) is 8.15. The fourth-order valence-corrected chi connectivity index (χ4v) is 0.452. The van der Waals surface area contributed by atoms with E-state index in [1.54, 1.807) is 13.1 Å². The summed E-state index contributed by atoms with van der Waals surface area (Å²) in [6.45, 7) is 5.66. The fourth-order valence-electron chi connectivity index (χ4n) is 0.452. The summed E-state index contributed by atoms with van der Waals surface area (Å²) < 4.78 is 0. The molecule has 0 aromatic heterocycles. The van der Waals surface area contributed by atoms with Crippen LogP contribution in [0.4, 0.5) is 0 Å². The molecule has 0 heterocycles. The second kappa shape index (κ2) is 4.09. The molecule has 0 fully saturated rings. The Labute approximate surface area is 62.3 Å². The molecule has 0 saturated heterocycles. The first-order chi connectivity index (χ1) is 4.57. The van der Waals surface area contributed by atoms with Crippen LogP contribution < -0.4 is 5.32 Å². The van der Waals surface area contributed by atoms with Gasteiger partial charge in [-0.3, -0.25) is 4.79 Å². The van der Waals surface area contributed by atoms with Crippen LogP contribution in [0.1, 0.15) is 20.8 Å². The Morgan fingerprint density at radius 2 is 2.00 bits per heavy atom. The van der Waals surface area contributed by atoms with Gasteiger partial charge in [0.1, 0.15) is 0 Å². The van der Waals surface area contributed by atoms with Crippen molar-refractivity contribution in [2.75, 3.05) is 7.05 Å². The molecule has 0 aromatic rings. The third kappa shape index (κ3) is 3.28. The Morgan fingerprint density at radius 1 is 1.50 bits per heavy atom. The van der Waals surface area contributed by atoms with Gasteiger partial charge in [-0.05, 0) is 13.0 Å². The molecule has 0 bridgehead atoms. The van der Waals surface area contributed by atoms with Crippen molar-refractivity contribution in [1.29, 1.82) is 0 Å². The maximum atomic E-state index is 11.0. The predicted molar refractivity (Wildman–Crippen MR) is 42.7 cm³/mol. The summed E-state index contributed by atoms with van der Waals surface area (Å²) in [4.78, 5) is 11.0. The first kappa shape index (κ1) is 9.21. The van der Waals surface area contributed by atoms with Gasteiger partial charge in [-0.15, -0.1) is 0 Å². The lowest BCUT2D eigenvalue weighted by Gasteiger charge is -2.00. The molecule has 0 saturated carbocycles. The lowest BCUT2D eigenvalue weighted by atomic mass is 10.1.